The maximum absolute atomic E-state index is 10.7. The topological polar surface area (TPSA) is 70.6 Å². The molecule has 0 spiro atoms. The van der Waals surface area contributed by atoms with E-state index in [0.29, 0.717) is 5.56 Å². The second-order valence-corrected chi connectivity index (χ2v) is 16.4. The Bertz CT molecular complexity index is 3230. The Kier molecular flexibility index (Phi) is 9.98. The van der Waals surface area contributed by atoms with E-state index in [1.807, 2.05) is 60.7 Å². The van der Waals surface area contributed by atoms with Crippen LogP contribution in [0, 0.1) is 11.3 Å². The van der Waals surface area contributed by atoms with Gasteiger partial charge in [0.2, 0.25) is 0 Å². The summed E-state index contributed by atoms with van der Waals surface area (Å²) >= 11 is 0. The first-order valence-electron chi connectivity index (χ1n) is 21.7. The van der Waals surface area contributed by atoms with E-state index in [4.69, 9.17) is 18.9 Å². The Morgan fingerprint density at radius 2 is 0.545 bits per heavy atom. The van der Waals surface area contributed by atoms with Crippen LogP contribution in [0.1, 0.15) is 5.56 Å². The number of benzene rings is 9. The minimum Gasteiger partial charge on any atom is -0.497 e. The standard InChI is InChI=1S/C59H43N3O4/c1-63-48-17-5-38(6-18-48)42-13-25-56-52(31-42)53-32-43(39-7-19-49(64-2)20-8-39)14-26-57(53)61(56)46-29-37(36-60)30-47(35-46)62-58-27-15-44(40-9-21-50(65-3)22-10-40)33-54(58)55-34-45(16-28-59(55)62)41-11-23-51(66-4)24-12-41/h5-35H,1-4H3. The molecule has 0 atom stereocenters. The second-order valence-electron chi connectivity index (χ2n) is 16.4. The first-order chi connectivity index (χ1) is 32.4. The molecule has 11 aromatic rings. The molecule has 9 aromatic carbocycles. The molecule has 66 heavy (non-hydrogen) atoms. The van der Waals surface area contributed by atoms with Crippen molar-refractivity contribution in [3.05, 3.63) is 194 Å². The van der Waals surface area contributed by atoms with Gasteiger partial charge in [0.25, 0.3) is 0 Å². The van der Waals surface area contributed by atoms with Crippen LogP contribution in [0.15, 0.2) is 188 Å². The molecule has 0 bridgehead atoms. The van der Waals surface area contributed by atoms with Crippen LogP contribution in [0.3, 0.4) is 0 Å². The van der Waals surface area contributed by atoms with Gasteiger partial charge in [-0.1, -0.05) is 72.8 Å². The van der Waals surface area contributed by atoms with Gasteiger partial charge >= 0.3 is 0 Å². The third kappa shape index (κ3) is 6.93. The number of aromatic nitrogens is 2. The van der Waals surface area contributed by atoms with Crippen LogP contribution in [0.5, 0.6) is 23.0 Å². The smallest absolute Gasteiger partial charge is 0.118 e. The van der Waals surface area contributed by atoms with Gasteiger partial charge < -0.3 is 28.1 Å². The van der Waals surface area contributed by atoms with Crippen LogP contribution in [-0.4, -0.2) is 37.6 Å². The highest BCUT2D eigenvalue weighted by Crippen LogP contribution is 2.41. The minimum atomic E-state index is 0.557. The molecule has 2 aromatic heterocycles. The van der Waals surface area contributed by atoms with Crippen LogP contribution in [0.2, 0.25) is 0 Å². The van der Waals surface area contributed by atoms with Crippen molar-refractivity contribution in [3.8, 4) is 84.9 Å². The van der Waals surface area contributed by atoms with E-state index in [2.05, 4.69) is 143 Å². The Morgan fingerprint density at radius 1 is 0.303 bits per heavy atom. The lowest BCUT2D eigenvalue weighted by Gasteiger charge is -2.14. The van der Waals surface area contributed by atoms with E-state index in [9.17, 15) is 5.26 Å². The number of methoxy groups -OCH3 is 4. The van der Waals surface area contributed by atoms with Gasteiger partial charge in [-0.2, -0.15) is 5.26 Å². The van der Waals surface area contributed by atoms with E-state index in [-0.39, 0.29) is 0 Å². The SMILES string of the molecule is COc1ccc(-c2ccc3c(c2)c2cc(-c4ccc(OC)cc4)ccc2n3-c2cc(C#N)cc(-n3c4ccc(-c5ccc(OC)cc5)cc4c4cc(-c5ccc(OC)cc5)ccc43)c2)cc1. The normalized spacial score (nSPS) is 11.3. The summed E-state index contributed by atoms with van der Waals surface area (Å²) in [6.07, 6.45) is 0. The van der Waals surface area contributed by atoms with Crippen molar-refractivity contribution >= 4 is 43.6 Å². The molecule has 0 saturated carbocycles. The molecule has 0 fully saturated rings. The zero-order valence-electron chi connectivity index (χ0n) is 36.9. The van der Waals surface area contributed by atoms with Crippen molar-refractivity contribution in [2.24, 2.45) is 0 Å². The molecule has 7 heteroatoms. The van der Waals surface area contributed by atoms with Crippen molar-refractivity contribution in [2.75, 3.05) is 28.4 Å². The maximum Gasteiger partial charge on any atom is 0.118 e. The minimum absolute atomic E-state index is 0.557. The monoisotopic (exact) mass is 857 g/mol. The number of nitriles is 1. The van der Waals surface area contributed by atoms with E-state index in [1.54, 1.807) is 28.4 Å². The molecule has 0 aliphatic heterocycles. The molecule has 0 aliphatic rings. The van der Waals surface area contributed by atoms with E-state index in [1.165, 1.54) is 0 Å². The lowest BCUT2D eigenvalue weighted by Crippen LogP contribution is -2.00. The highest BCUT2D eigenvalue weighted by atomic mass is 16.5. The van der Waals surface area contributed by atoms with Gasteiger partial charge in [-0.05, 0) is 160 Å². The van der Waals surface area contributed by atoms with Crippen LogP contribution < -0.4 is 18.9 Å². The Morgan fingerprint density at radius 3 is 0.773 bits per heavy atom. The highest BCUT2D eigenvalue weighted by molar-refractivity contribution is 6.13. The molecular weight excluding hydrogens is 815 g/mol. The number of fused-ring (bicyclic) bond motifs is 6. The molecule has 11 rings (SSSR count). The molecular formula is C59H43N3O4. The van der Waals surface area contributed by atoms with Crippen molar-refractivity contribution in [1.82, 2.24) is 9.13 Å². The Balaban J connectivity index is 1.13. The van der Waals surface area contributed by atoms with Crippen LogP contribution >= 0.6 is 0 Å². The Labute approximate surface area is 382 Å². The maximum atomic E-state index is 10.7. The van der Waals surface area contributed by atoms with Crippen molar-refractivity contribution in [1.29, 1.82) is 5.26 Å². The summed E-state index contributed by atoms with van der Waals surface area (Å²) in [4.78, 5) is 0. The summed E-state index contributed by atoms with van der Waals surface area (Å²) in [5.74, 6) is 3.25. The summed E-state index contributed by atoms with van der Waals surface area (Å²) < 4.78 is 26.5. The van der Waals surface area contributed by atoms with Crippen molar-refractivity contribution < 1.29 is 18.9 Å². The lowest BCUT2D eigenvalue weighted by molar-refractivity contribution is 0.415. The van der Waals surface area contributed by atoms with Gasteiger partial charge in [0, 0.05) is 32.9 Å². The number of rotatable bonds is 10. The van der Waals surface area contributed by atoms with Gasteiger partial charge in [0.15, 0.2) is 0 Å². The third-order valence-corrected chi connectivity index (χ3v) is 12.8. The molecule has 0 amide bonds. The molecule has 0 N–H and O–H groups in total. The van der Waals surface area contributed by atoms with E-state index >= 15 is 0 Å². The fraction of sp³-hybridized carbons (Fsp3) is 0.0678. The lowest BCUT2D eigenvalue weighted by atomic mass is 10.00. The molecule has 2 heterocycles. The quantitative estimate of drug-likeness (QED) is 0.137. The number of ether oxygens (including phenoxy) is 4. The number of hydrogen-bond donors (Lipinski definition) is 0. The molecule has 0 unspecified atom stereocenters. The van der Waals surface area contributed by atoms with Crippen molar-refractivity contribution in [3.63, 3.8) is 0 Å². The fourth-order valence-corrected chi connectivity index (χ4v) is 9.37. The first-order valence-corrected chi connectivity index (χ1v) is 21.7. The summed E-state index contributed by atoms with van der Waals surface area (Å²) in [5.41, 5.74) is 15.2. The molecule has 7 nitrogen and oxygen atoms in total. The highest BCUT2D eigenvalue weighted by Gasteiger charge is 2.20. The van der Waals surface area contributed by atoms with Gasteiger partial charge in [-0.3, -0.25) is 0 Å². The van der Waals surface area contributed by atoms with E-state index < -0.39 is 0 Å². The van der Waals surface area contributed by atoms with Crippen molar-refractivity contribution in [2.45, 2.75) is 0 Å². The average molecular weight is 858 g/mol. The predicted molar refractivity (Wildman–Crippen MR) is 268 cm³/mol. The largest absolute Gasteiger partial charge is 0.497 e. The summed E-state index contributed by atoms with van der Waals surface area (Å²) in [6.45, 7) is 0. The van der Waals surface area contributed by atoms with Gasteiger partial charge in [-0.25, -0.2) is 0 Å². The van der Waals surface area contributed by atoms with Crippen LogP contribution in [0.25, 0.3) is 99.5 Å². The second kappa shape index (κ2) is 16.4. The van der Waals surface area contributed by atoms with Gasteiger partial charge in [0.1, 0.15) is 23.0 Å². The number of hydrogen-bond acceptors (Lipinski definition) is 5. The van der Waals surface area contributed by atoms with Gasteiger partial charge in [-0.15, -0.1) is 0 Å². The summed E-state index contributed by atoms with van der Waals surface area (Å²) in [5, 5.41) is 15.1. The molecule has 0 radical (unpaired) electrons. The summed E-state index contributed by atoms with van der Waals surface area (Å²) in [6, 6.07) is 68.0. The van der Waals surface area contributed by atoms with E-state index in [0.717, 1.165) is 122 Å². The predicted octanol–water partition coefficient (Wildman–Crippen LogP) is 14.5. The number of nitrogens with zero attached hydrogens (tertiary/aromatic N) is 3. The Hall–Kier alpha value is -8.73. The molecule has 0 aliphatic carbocycles. The van der Waals surface area contributed by atoms with Crippen LogP contribution in [-0.2, 0) is 0 Å². The molecule has 0 saturated heterocycles. The zero-order chi connectivity index (χ0) is 44.9. The first kappa shape index (κ1) is 40.1. The third-order valence-electron chi connectivity index (χ3n) is 12.8. The fourth-order valence-electron chi connectivity index (χ4n) is 9.37. The molecule has 318 valence electrons. The zero-order valence-corrected chi connectivity index (χ0v) is 36.9. The van der Waals surface area contributed by atoms with Gasteiger partial charge in [0.05, 0.1) is 62.1 Å². The summed E-state index contributed by atoms with van der Waals surface area (Å²) in [7, 11) is 6.74. The van der Waals surface area contributed by atoms with Crippen LogP contribution in [0.4, 0.5) is 0 Å². The average Bonchev–Trinajstić information content (AvgIpc) is 3.90.